The standard InChI is InChI=1S/2C25H20ClN3O3/c2*1-31-22-13-12-17(26)15-21(22)28-29-23-19-11-7-6-8-16(19)14-20(24(23)32-2)25(30)27-18-9-4-3-5-10-18/h2*3-15H,1-2H3,(H,27,30). The van der Waals surface area contributed by atoms with Crippen LogP contribution in [0.2, 0.25) is 10.0 Å². The van der Waals surface area contributed by atoms with Gasteiger partial charge in [0.1, 0.15) is 34.2 Å². The summed E-state index contributed by atoms with van der Waals surface area (Å²) in [5, 5.41) is 27.7. The molecule has 2 N–H and O–H groups in total. The molecule has 0 fully saturated rings. The number of benzene rings is 8. The molecule has 64 heavy (non-hydrogen) atoms. The Morgan fingerprint density at radius 2 is 0.812 bits per heavy atom. The maximum absolute atomic E-state index is 13.1. The minimum Gasteiger partial charge on any atom is -0.494 e. The van der Waals surface area contributed by atoms with Crippen molar-refractivity contribution in [2.45, 2.75) is 0 Å². The highest BCUT2D eigenvalue weighted by Crippen LogP contribution is 2.43. The molecule has 12 nitrogen and oxygen atoms in total. The number of carbonyl (C=O) groups excluding carboxylic acids is 2. The number of anilines is 2. The summed E-state index contributed by atoms with van der Waals surface area (Å²) >= 11 is 12.2. The van der Waals surface area contributed by atoms with Gasteiger partial charge in [0.2, 0.25) is 0 Å². The van der Waals surface area contributed by atoms with Crippen molar-refractivity contribution in [2.75, 3.05) is 39.1 Å². The van der Waals surface area contributed by atoms with Crippen LogP contribution in [0.5, 0.6) is 23.0 Å². The van der Waals surface area contributed by atoms with Crippen molar-refractivity contribution in [1.82, 2.24) is 0 Å². The predicted molar refractivity (Wildman–Crippen MR) is 254 cm³/mol. The van der Waals surface area contributed by atoms with Crippen LogP contribution in [-0.4, -0.2) is 40.3 Å². The third kappa shape index (κ3) is 10.3. The molecule has 0 bridgehead atoms. The molecule has 0 unspecified atom stereocenters. The number of para-hydroxylation sites is 2. The first kappa shape index (κ1) is 44.3. The van der Waals surface area contributed by atoms with E-state index >= 15 is 0 Å². The Bertz CT molecular complexity index is 2820. The summed E-state index contributed by atoms with van der Waals surface area (Å²) < 4.78 is 22.0. The maximum Gasteiger partial charge on any atom is 0.259 e. The van der Waals surface area contributed by atoms with Gasteiger partial charge in [-0.3, -0.25) is 9.59 Å². The van der Waals surface area contributed by atoms with Gasteiger partial charge in [0.15, 0.2) is 11.5 Å². The Balaban J connectivity index is 0.000000191. The lowest BCUT2D eigenvalue weighted by Crippen LogP contribution is -2.13. The number of rotatable bonds is 12. The number of azo groups is 2. The molecule has 0 saturated carbocycles. The third-order valence-electron chi connectivity index (χ3n) is 9.71. The van der Waals surface area contributed by atoms with Crippen molar-refractivity contribution in [2.24, 2.45) is 20.5 Å². The van der Waals surface area contributed by atoms with Crippen LogP contribution < -0.4 is 29.6 Å². The van der Waals surface area contributed by atoms with E-state index in [1.165, 1.54) is 14.2 Å². The minimum absolute atomic E-state index is 0.310. The van der Waals surface area contributed by atoms with Crippen LogP contribution in [0.25, 0.3) is 21.5 Å². The van der Waals surface area contributed by atoms with E-state index in [9.17, 15) is 9.59 Å². The molecule has 8 aromatic rings. The highest BCUT2D eigenvalue weighted by atomic mass is 35.5. The number of hydrogen-bond acceptors (Lipinski definition) is 10. The van der Waals surface area contributed by atoms with Crippen LogP contribution in [0.4, 0.5) is 34.1 Å². The first-order chi connectivity index (χ1) is 31.2. The van der Waals surface area contributed by atoms with E-state index in [0.29, 0.717) is 78.3 Å². The normalized spacial score (nSPS) is 11.0. The zero-order valence-corrected chi connectivity index (χ0v) is 36.5. The fourth-order valence-corrected chi connectivity index (χ4v) is 7.03. The number of fused-ring (bicyclic) bond motifs is 2. The summed E-state index contributed by atoms with van der Waals surface area (Å²) in [5.41, 5.74) is 3.86. The molecule has 0 radical (unpaired) electrons. The molecule has 0 heterocycles. The number of carbonyl (C=O) groups is 2. The van der Waals surface area contributed by atoms with Crippen molar-refractivity contribution in [3.05, 3.63) is 179 Å². The SMILES string of the molecule is COc1ccc(Cl)cc1N=Nc1c(OC)c(C(=O)Nc2ccccc2)cc2ccccc12.COc1ccc(Cl)cc1N=Nc1c(OC)c(C(=O)Nc2ccccc2)cc2ccccc12. The largest absolute Gasteiger partial charge is 0.494 e. The topological polar surface area (TPSA) is 145 Å². The van der Waals surface area contributed by atoms with E-state index in [0.717, 1.165) is 21.5 Å². The van der Waals surface area contributed by atoms with Gasteiger partial charge in [0.05, 0.1) is 39.6 Å². The Kier molecular flexibility index (Phi) is 14.4. The van der Waals surface area contributed by atoms with Crippen LogP contribution in [0.1, 0.15) is 20.7 Å². The molecule has 8 rings (SSSR count). The number of amides is 2. The van der Waals surface area contributed by atoms with Crippen molar-refractivity contribution in [3.8, 4) is 23.0 Å². The lowest BCUT2D eigenvalue weighted by atomic mass is 10.0. The van der Waals surface area contributed by atoms with Crippen LogP contribution in [0, 0.1) is 0 Å². The maximum atomic E-state index is 13.1. The number of nitrogens with zero attached hydrogens (tertiary/aromatic N) is 4. The Morgan fingerprint density at radius 3 is 1.19 bits per heavy atom. The smallest absolute Gasteiger partial charge is 0.259 e. The van der Waals surface area contributed by atoms with Crippen LogP contribution in [-0.2, 0) is 0 Å². The quantitative estimate of drug-likeness (QED) is 0.117. The van der Waals surface area contributed by atoms with Crippen molar-refractivity contribution in [3.63, 3.8) is 0 Å². The number of halogens is 2. The predicted octanol–water partition coefficient (Wildman–Crippen LogP) is 14.4. The molecule has 2 amide bonds. The van der Waals surface area contributed by atoms with Gasteiger partial charge in [-0.2, -0.15) is 0 Å². The van der Waals surface area contributed by atoms with Gasteiger partial charge in [0, 0.05) is 32.2 Å². The van der Waals surface area contributed by atoms with Gasteiger partial charge in [-0.15, -0.1) is 20.5 Å². The summed E-state index contributed by atoms with van der Waals surface area (Å²) in [6.07, 6.45) is 0. The second kappa shape index (κ2) is 20.8. The second-order valence-corrected chi connectivity index (χ2v) is 14.6. The summed E-state index contributed by atoms with van der Waals surface area (Å²) in [4.78, 5) is 26.2. The van der Waals surface area contributed by atoms with Gasteiger partial charge in [-0.25, -0.2) is 0 Å². The van der Waals surface area contributed by atoms with Crippen LogP contribution >= 0.6 is 23.2 Å². The molecule has 0 aliphatic heterocycles. The van der Waals surface area contributed by atoms with Gasteiger partial charge < -0.3 is 29.6 Å². The lowest BCUT2D eigenvalue weighted by molar-refractivity contribution is 0.101. The average Bonchev–Trinajstić information content (AvgIpc) is 3.32. The summed E-state index contributed by atoms with van der Waals surface area (Å²) in [6, 6.07) is 47.4. The zero-order valence-electron chi connectivity index (χ0n) is 35.0. The van der Waals surface area contributed by atoms with Gasteiger partial charge in [-0.05, 0) is 83.6 Å². The minimum atomic E-state index is -0.310. The molecule has 0 aliphatic rings. The van der Waals surface area contributed by atoms with E-state index < -0.39 is 0 Å². The third-order valence-corrected chi connectivity index (χ3v) is 10.2. The molecule has 0 aliphatic carbocycles. The van der Waals surface area contributed by atoms with E-state index in [4.69, 9.17) is 42.1 Å². The molecular weight excluding hydrogens is 851 g/mol. The summed E-state index contributed by atoms with van der Waals surface area (Å²) in [7, 11) is 6.10. The van der Waals surface area contributed by atoms with Gasteiger partial charge >= 0.3 is 0 Å². The van der Waals surface area contributed by atoms with Crippen molar-refractivity contribution < 1.29 is 28.5 Å². The Morgan fingerprint density at radius 1 is 0.438 bits per heavy atom. The molecule has 0 atom stereocenters. The zero-order chi connectivity index (χ0) is 45.0. The van der Waals surface area contributed by atoms with E-state index in [1.54, 1.807) is 62.8 Å². The molecule has 8 aromatic carbocycles. The highest BCUT2D eigenvalue weighted by molar-refractivity contribution is 6.31. The lowest BCUT2D eigenvalue weighted by Gasteiger charge is -2.14. The highest BCUT2D eigenvalue weighted by Gasteiger charge is 2.22. The Hall–Kier alpha value is -7.80. The number of hydrogen-bond donors (Lipinski definition) is 2. The molecule has 0 aromatic heterocycles. The van der Waals surface area contributed by atoms with Crippen LogP contribution in [0.3, 0.4) is 0 Å². The monoisotopic (exact) mass is 890 g/mol. The molecular formula is C50H40Cl2N6O6. The molecule has 0 spiro atoms. The first-order valence-electron chi connectivity index (χ1n) is 19.6. The number of ether oxygens (including phenoxy) is 4. The van der Waals surface area contributed by atoms with E-state index in [2.05, 4.69) is 31.1 Å². The second-order valence-electron chi connectivity index (χ2n) is 13.7. The number of methoxy groups -OCH3 is 4. The van der Waals surface area contributed by atoms with Gasteiger partial charge in [-0.1, -0.05) is 108 Å². The fraction of sp³-hybridized carbons (Fsp3) is 0.0800. The molecule has 320 valence electrons. The average molecular weight is 892 g/mol. The number of nitrogens with one attached hydrogen (secondary N) is 2. The summed E-state index contributed by atoms with van der Waals surface area (Å²) in [6.45, 7) is 0. The van der Waals surface area contributed by atoms with Crippen LogP contribution in [0.15, 0.2) is 178 Å². The summed E-state index contributed by atoms with van der Waals surface area (Å²) in [5.74, 6) is 1.08. The Labute approximate surface area is 379 Å². The van der Waals surface area contributed by atoms with Crippen molar-refractivity contribution >= 4 is 90.7 Å². The van der Waals surface area contributed by atoms with Gasteiger partial charge in [0.25, 0.3) is 11.8 Å². The fourth-order valence-electron chi connectivity index (χ4n) is 6.70. The first-order valence-corrected chi connectivity index (χ1v) is 20.4. The van der Waals surface area contributed by atoms with Crippen molar-refractivity contribution in [1.29, 1.82) is 0 Å². The molecule has 14 heteroatoms. The van der Waals surface area contributed by atoms with E-state index in [1.807, 2.05) is 109 Å². The van der Waals surface area contributed by atoms with E-state index in [-0.39, 0.29) is 11.8 Å². The molecule has 0 saturated heterocycles.